The van der Waals surface area contributed by atoms with Gasteiger partial charge in [-0.15, -0.1) is 0 Å². The molecule has 1 atom stereocenters. The molecule has 7 nitrogen and oxygen atoms in total. The number of aryl methyl sites for hydroxylation is 2. The normalized spacial score (nSPS) is 16.0. The second kappa shape index (κ2) is 7.68. The van der Waals surface area contributed by atoms with E-state index >= 15 is 0 Å². The molecule has 2 heterocycles. The third-order valence-electron chi connectivity index (χ3n) is 4.80. The number of rotatable bonds is 3. The quantitative estimate of drug-likeness (QED) is 0.718. The number of nitriles is 1. The molecule has 0 bridgehead atoms. The molecule has 0 aliphatic carbocycles. The van der Waals surface area contributed by atoms with Crippen LogP contribution in [0.2, 0.25) is 0 Å². The van der Waals surface area contributed by atoms with Crippen molar-refractivity contribution in [2.24, 2.45) is 0 Å². The Morgan fingerprint density at radius 1 is 1.00 bits per heavy atom. The molecule has 4 rings (SSSR count). The summed E-state index contributed by atoms with van der Waals surface area (Å²) < 4.78 is 0. The van der Waals surface area contributed by atoms with E-state index in [4.69, 9.17) is 0 Å². The predicted molar refractivity (Wildman–Crippen MR) is 111 cm³/mol. The van der Waals surface area contributed by atoms with Crippen molar-refractivity contribution < 1.29 is 9.90 Å². The van der Waals surface area contributed by atoms with Crippen molar-refractivity contribution >= 4 is 11.9 Å². The summed E-state index contributed by atoms with van der Waals surface area (Å²) in [7, 11) is 0. The molecule has 0 saturated carbocycles. The highest BCUT2D eigenvalue weighted by Gasteiger charge is 2.45. The van der Waals surface area contributed by atoms with Crippen LogP contribution in [0.4, 0.5) is 5.95 Å². The molecule has 1 aliphatic rings. The minimum Gasteiger partial charge on any atom is -0.492 e. The third kappa shape index (κ3) is 3.25. The lowest BCUT2D eigenvalue weighted by molar-refractivity contribution is 0.0704. The van der Waals surface area contributed by atoms with Gasteiger partial charge in [0.2, 0.25) is 5.88 Å². The van der Waals surface area contributed by atoms with Crippen molar-refractivity contribution in [1.29, 1.82) is 5.26 Å². The van der Waals surface area contributed by atoms with Gasteiger partial charge in [-0.1, -0.05) is 48.5 Å². The molecule has 0 saturated heterocycles. The number of hydrogen-bond donors (Lipinski definition) is 1. The summed E-state index contributed by atoms with van der Waals surface area (Å²) in [6, 6.07) is 20.9. The zero-order valence-electron chi connectivity index (χ0n) is 16.5. The first-order chi connectivity index (χ1) is 14.5. The van der Waals surface area contributed by atoms with Crippen molar-refractivity contribution in [1.82, 2.24) is 15.0 Å². The van der Waals surface area contributed by atoms with Crippen LogP contribution in [-0.2, 0) is 0 Å². The van der Waals surface area contributed by atoms with E-state index in [1.165, 1.54) is 10.0 Å². The molecule has 1 aromatic heterocycles. The molecule has 1 N–H and O–H groups in total. The van der Waals surface area contributed by atoms with E-state index in [9.17, 15) is 15.2 Å². The van der Waals surface area contributed by atoms with Gasteiger partial charge >= 0.3 is 0 Å². The molecule has 2 aromatic carbocycles. The SMILES string of the molecule is Cc1cc(C)nc(N2C(O)=C(C#N)[C@H](c3ccccc3)N2C(=O)c2ccccc2)n1. The van der Waals surface area contributed by atoms with Crippen LogP contribution < -0.4 is 5.01 Å². The van der Waals surface area contributed by atoms with Gasteiger partial charge in [0, 0.05) is 17.0 Å². The first-order valence-corrected chi connectivity index (χ1v) is 9.40. The number of hydrogen-bond acceptors (Lipinski definition) is 6. The van der Waals surface area contributed by atoms with Gasteiger partial charge in [-0.2, -0.15) is 10.3 Å². The summed E-state index contributed by atoms with van der Waals surface area (Å²) in [4.78, 5) is 22.4. The minimum absolute atomic E-state index is 0.0493. The molecule has 148 valence electrons. The number of benzene rings is 2. The predicted octanol–water partition coefficient (Wildman–Crippen LogP) is 4.01. The zero-order valence-corrected chi connectivity index (χ0v) is 16.5. The number of aromatic nitrogens is 2. The Morgan fingerprint density at radius 2 is 1.57 bits per heavy atom. The molecule has 1 aliphatic heterocycles. The van der Waals surface area contributed by atoms with Gasteiger partial charge in [0.05, 0.1) is 0 Å². The number of nitrogens with zero attached hydrogens (tertiary/aromatic N) is 5. The monoisotopic (exact) mass is 397 g/mol. The molecule has 0 unspecified atom stereocenters. The maximum Gasteiger partial charge on any atom is 0.273 e. The van der Waals surface area contributed by atoms with Crippen LogP contribution in [0.15, 0.2) is 78.2 Å². The fourth-order valence-electron chi connectivity index (χ4n) is 3.54. The smallest absolute Gasteiger partial charge is 0.273 e. The molecule has 0 spiro atoms. The summed E-state index contributed by atoms with van der Waals surface area (Å²) in [5.74, 6) is -0.620. The van der Waals surface area contributed by atoms with Gasteiger partial charge in [0.1, 0.15) is 17.7 Å². The Balaban J connectivity index is 1.93. The molecule has 7 heteroatoms. The Hall–Kier alpha value is -4.18. The van der Waals surface area contributed by atoms with Gasteiger partial charge in [0.25, 0.3) is 11.9 Å². The number of aliphatic hydroxyl groups excluding tert-OH is 1. The van der Waals surface area contributed by atoms with Gasteiger partial charge in [-0.25, -0.2) is 15.0 Å². The lowest BCUT2D eigenvalue weighted by atomic mass is 10.00. The summed E-state index contributed by atoms with van der Waals surface area (Å²) in [5, 5.41) is 23.4. The van der Waals surface area contributed by atoms with Crippen LogP contribution >= 0.6 is 0 Å². The molecule has 30 heavy (non-hydrogen) atoms. The highest BCUT2D eigenvalue weighted by molar-refractivity contribution is 5.96. The topological polar surface area (TPSA) is 93.4 Å². The van der Waals surface area contributed by atoms with E-state index in [0.29, 0.717) is 22.5 Å². The lowest BCUT2D eigenvalue weighted by Gasteiger charge is -2.32. The molecule has 3 aromatic rings. The Kier molecular flexibility index (Phi) is 4.90. The number of carbonyl (C=O) groups is 1. The van der Waals surface area contributed by atoms with Crippen molar-refractivity contribution in [2.75, 3.05) is 5.01 Å². The summed E-state index contributed by atoms with van der Waals surface area (Å²) in [6.07, 6.45) is 0. The van der Waals surface area contributed by atoms with Gasteiger partial charge < -0.3 is 5.11 Å². The van der Waals surface area contributed by atoms with Crippen LogP contribution in [0, 0.1) is 25.2 Å². The molecule has 0 radical (unpaired) electrons. The average Bonchev–Trinajstić information content (AvgIpc) is 3.05. The number of amides is 1. The van der Waals surface area contributed by atoms with Crippen LogP contribution in [-0.4, -0.2) is 26.0 Å². The van der Waals surface area contributed by atoms with E-state index in [2.05, 4.69) is 16.0 Å². The second-order valence-electron chi connectivity index (χ2n) is 6.94. The van der Waals surface area contributed by atoms with E-state index in [-0.39, 0.29) is 23.3 Å². The van der Waals surface area contributed by atoms with Crippen molar-refractivity contribution in [2.45, 2.75) is 19.9 Å². The fraction of sp³-hybridized carbons (Fsp3) is 0.130. The maximum absolute atomic E-state index is 13.6. The second-order valence-corrected chi connectivity index (χ2v) is 6.94. The number of hydrazine groups is 1. The van der Waals surface area contributed by atoms with Crippen LogP contribution in [0.25, 0.3) is 0 Å². The van der Waals surface area contributed by atoms with E-state index in [0.717, 1.165) is 0 Å². The largest absolute Gasteiger partial charge is 0.492 e. The lowest BCUT2D eigenvalue weighted by Crippen LogP contribution is -2.44. The molecule has 0 fully saturated rings. The third-order valence-corrected chi connectivity index (χ3v) is 4.80. The first kappa shape index (κ1) is 19.2. The number of aliphatic hydroxyl groups is 1. The van der Waals surface area contributed by atoms with Crippen molar-refractivity contribution in [3.8, 4) is 6.07 Å². The van der Waals surface area contributed by atoms with Gasteiger partial charge in [-0.05, 0) is 37.6 Å². The molecular formula is C23H19N5O2. The van der Waals surface area contributed by atoms with Crippen LogP contribution in [0.1, 0.15) is 33.4 Å². The average molecular weight is 397 g/mol. The summed E-state index contributed by atoms with van der Waals surface area (Å²) in [6.45, 7) is 3.61. The van der Waals surface area contributed by atoms with E-state index in [1.54, 1.807) is 44.2 Å². The highest BCUT2D eigenvalue weighted by atomic mass is 16.3. The highest BCUT2D eigenvalue weighted by Crippen LogP contribution is 2.41. The standard InChI is InChI=1S/C23H19N5O2/c1-15-13-16(2)26-23(25-15)28-22(30)19(14-24)20(17-9-5-3-6-10-17)27(28)21(29)18-11-7-4-8-12-18/h3-13,20,30H,1-2H3/t20-/m0/s1. The van der Waals surface area contributed by atoms with Gasteiger partial charge in [-0.3, -0.25) is 4.79 Å². The summed E-state index contributed by atoms with van der Waals surface area (Å²) >= 11 is 0. The van der Waals surface area contributed by atoms with Crippen LogP contribution in [0.5, 0.6) is 0 Å². The molecule has 1 amide bonds. The van der Waals surface area contributed by atoms with Crippen molar-refractivity contribution in [3.63, 3.8) is 0 Å². The van der Waals surface area contributed by atoms with Gasteiger partial charge in [0.15, 0.2) is 0 Å². The summed E-state index contributed by atoms with van der Waals surface area (Å²) in [5.41, 5.74) is 2.52. The Bertz CT molecular complexity index is 1150. The van der Waals surface area contributed by atoms with Crippen molar-refractivity contribution in [3.05, 3.63) is 101 Å². The van der Waals surface area contributed by atoms with E-state index < -0.39 is 6.04 Å². The first-order valence-electron chi connectivity index (χ1n) is 9.40. The van der Waals surface area contributed by atoms with E-state index in [1.807, 2.05) is 36.4 Å². The minimum atomic E-state index is -0.812. The number of anilines is 1. The molecular weight excluding hydrogens is 378 g/mol. The number of carbonyl (C=O) groups excluding carboxylic acids is 1. The Morgan fingerprint density at radius 3 is 2.13 bits per heavy atom. The van der Waals surface area contributed by atoms with Crippen LogP contribution in [0.3, 0.4) is 0 Å². The fourth-order valence-corrected chi connectivity index (χ4v) is 3.54. The zero-order chi connectivity index (χ0) is 21.3. The Labute approximate surface area is 174 Å². The maximum atomic E-state index is 13.6.